The van der Waals surface area contributed by atoms with Crippen LogP contribution in [0.25, 0.3) is 10.8 Å². The summed E-state index contributed by atoms with van der Waals surface area (Å²) in [7, 11) is 0. The number of phenolic OH excluding ortho intramolecular Hbond substituents is 1. The van der Waals surface area contributed by atoms with Gasteiger partial charge in [0.15, 0.2) is 0 Å². The van der Waals surface area contributed by atoms with E-state index in [-0.39, 0.29) is 0 Å². The molecule has 1 aromatic heterocycles. The molecule has 1 saturated carbocycles. The Labute approximate surface area is 120 Å². The molecule has 3 rings (SSSR count). The summed E-state index contributed by atoms with van der Waals surface area (Å²) in [5.74, 6) is 2.77. The SMILES string of the molecule is CC1CCCC(CNc2nccc3ccc(O)cc23)C1. The van der Waals surface area contributed by atoms with Crippen LogP contribution < -0.4 is 5.32 Å². The molecule has 106 valence electrons. The van der Waals surface area contributed by atoms with E-state index < -0.39 is 0 Å². The Hall–Kier alpha value is -1.77. The van der Waals surface area contributed by atoms with Gasteiger partial charge in [0, 0.05) is 18.1 Å². The van der Waals surface area contributed by atoms with Gasteiger partial charge in [-0.05, 0) is 48.3 Å². The zero-order chi connectivity index (χ0) is 13.9. The quantitative estimate of drug-likeness (QED) is 0.879. The molecule has 2 unspecified atom stereocenters. The molecule has 1 aromatic carbocycles. The highest BCUT2D eigenvalue weighted by Crippen LogP contribution is 2.30. The van der Waals surface area contributed by atoms with E-state index in [1.54, 1.807) is 12.1 Å². The second kappa shape index (κ2) is 5.70. The Morgan fingerprint density at radius 2 is 2.20 bits per heavy atom. The molecular formula is C17H22N2O. The van der Waals surface area contributed by atoms with Crippen molar-refractivity contribution in [2.24, 2.45) is 11.8 Å². The Morgan fingerprint density at radius 1 is 1.30 bits per heavy atom. The van der Waals surface area contributed by atoms with Crippen molar-refractivity contribution in [2.45, 2.75) is 32.6 Å². The molecule has 0 aliphatic heterocycles. The van der Waals surface area contributed by atoms with Crippen LogP contribution in [0.4, 0.5) is 5.82 Å². The number of phenols is 1. The van der Waals surface area contributed by atoms with Gasteiger partial charge in [0.1, 0.15) is 11.6 Å². The zero-order valence-corrected chi connectivity index (χ0v) is 12.0. The molecule has 20 heavy (non-hydrogen) atoms. The summed E-state index contributed by atoms with van der Waals surface area (Å²) in [6.45, 7) is 3.33. The molecule has 1 heterocycles. The zero-order valence-electron chi connectivity index (χ0n) is 12.0. The first-order valence-corrected chi connectivity index (χ1v) is 7.54. The van der Waals surface area contributed by atoms with Crippen LogP contribution >= 0.6 is 0 Å². The van der Waals surface area contributed by atoms with Gasteiger partial charge >= 0.3 is 0 Å². The van der Waals surface area contributed by atoms with E-state index in [2.05, 4.69) is 17.2 Å². The van der Waals surface area contributed by atoms with E-state index in [1.807, 2.05) is 18.3 Å². The van der Waals surface area contributed by atoms with E-state index in [9.17, 15) is 5.11 Å². The van der Waals surface area contributed by atoms with Crippen molar-refractivity contribution in [3.8, 4) is 5.75 Å². The van der Waals surface area contributed by atoms with Gasteiger partial charge in [0.05, 0.1) is 0 Å². The number of fused-ring (bicyclic) bond motifs is 1. The van der Waals surface area contributed by atoms with Gasteiger partial charge in [-0.15, -0.1) is 0 Å². The number of nitrogens with one attached hydrogen (secondary N) is 1. The first kappa shape index (κ1) is 13.2. The molecule has 0 bridgehead atoms. The van der Waals surface area contributed by atoms with E-state index in [1.165, 1.54) is 25.7 Å². The monoisotopic (exact) mass is 270 g/mol. The summed E-state index contributed by atoms with van der Waals surface area (Å²) >= 11 is 0. The maximum absolute atomic E-state index is 9.65. The fourth-order valence-corrected chi connectivity index (χ4v) is 3.28. The average Bonchev–Trinajstić information content (AvgIpc) is 2.45. The van der Waals surface area contributed by atoms with Gasteiger partial charge in [-0.25, -0.2) is 4.98 Å². The number of nitrogens with zero attached hydrogens (tertiary/aromatic N) is 1. The third-order valence-electron chi connectivity index (χ3n) is 4.35. The normalized spacial score (nSPS) is 22.9. The van der Waals surface area contributed by atoms with Crippen molar-refractivity contribution >= 4 is 16.6 Å². The highest BCUT2D eigenvalue weighted by molar-refractivity contribution is 5.92. The Morgan fingerprint density at radius 3 is 3.05 bits per heavy atom. The topological polar surface area (TPSA) is 45.2 Å². The van der Waals surface area contributed by atoms with Crippen LogP contribution in [0.15, 0.2) is 30.5 Å². The second-order valence-corrected chi connectivity index (χ2v) is 6.08. The molecule has 0 saturated heterocycles. The van der Waals surface area contributed by atoms with E-state index in [0.29, 0.717) is 5.75 Å². The molecule has 0 radical (unpaired) electrons. The third kappa shape index (κ3) is 2.87. The molecule has 1 aliphatic rings. The number of hydrogen-bond donors (Lipinski definition) is 2. The molecule has 3 nitrogen and oxygen atoms in total. The predicted molar refractivity (Wildman–Crippen MR) is 83.0 cm³/mol. The third-order valence-corrected chi connectivity index (χ3v) is 4.35. The van der Waals surface area contributed by atoms with Gasteiger partial charge in [-0.1, -0.05) is 25.8 Å². The van der Waals surface area contributed by atoms with Crippen LogP contribution in [0.1, 0.15) is 32.6 Å². The van der Waals surface area contributed by atoms with Gasteiger partial charge in [-0.2, -0.15) is 0 Å². The summed E-state index contributed by atoms with van der Waals surface area (Å²) in [6, 6.07) is 7.41. The smallest absolute Gasteiger partial charge is 0.133 e. The van der Waals surface area contributed by atoms with E-state index in [4.69, 9.17) is 0 Å². The highest BCUT2D eigenvalue weighted by Gasteiger charge is 2.18. The van der Waals surface area contributed by atoms with Crippen molar-refractivity contribution in [1.82, 2.24) is 4.98 Å². The summed E-state index contributed by atoms with van der Waals surface area (Å²) in [5, 5.41) is 15.2. The van der Waals surface area contributed by atoms with Crippen molar-refractivity contribution in [3.05, 3.63) is 30.5 Å². The van der Waals surface area contributed by atoms with Crippen LogP contribution in [0.5, 0.6) is 5.75 Å². The number of aromatic hydroxyl groups is 1. The van der Waals surface area contributed by atoms with E-state index in [0.717, 1.165) is 35.0 Å². The minimum atomic E-state index is 0.292. The first-order chi connectivity index (χ1) is 9.72. The number of aromatic nitrogens is 1. The van der Waals surface area contributed by atoms with Gasteiger partial charge in [0.2, 0.25) is 0 Å². The van der Waals surface area contributed by atoms with Gasteiger partial charge < -0.3 is 10.4 Å². The van der Waals surface area contributed by atoms with Gasteiger partial charge in [0.25, 0.3) is 0 Å². The number of rotatable bonds is 3. The number of pyridine rings is 1. The Balaban J connectivity index is 1.75. The minimum Gasteiger partial charge on any atom is -0.508 e. The number of hydrogen-bond acceptors (Lipinski definition) is 3. The maximum Gasteiger partial charge on any atom is 0.133 e. The molecule has 0 amide bonds. The largest absolute Gasteiger partial charge is 0.508 e. The molecule has 3 heteroatoms. The summed E-state index contributed by atoms with van der Waals surface area (Å²) in [6.07, 6.45) is 7.16. The van der Waals surface area contributed by atoms with Crippen LogP contribution in [0, 0.1) is 11.8 Å². The number of benzene rings is 1. The van der Waals surface area contributed by atoms with Crippen molar-refractivity contribution < 1.29 is 5.11 Å². The number of anilines is 1. The van der Waals surface area contributed by atoms with Crippen molar-refractivity contribution in [2.75, 3.05) is 11.9 Å². The first-order valence-electron chi connectivity index (χ1n) is 7.54. The van der Waals surface area contributed by atoms with Crippen LogP contribution in [0.3, 0.4) is 0 Å². The standard InChI is InChI=1S/C17H22N2O/c1-12-3-2-4-13(9-12)11-19-17-16-10-15(20)6-5-14(16)7-8-18-17/h5-8,10,12-13,20H,2-4,9,11H2,1H3,(H,18,19). The second-order valence-electron chi connectivity index (χ2n) is 6.08. The van der Waals surface area contributed by atoms with E-state index >= 15 is 0 Å². The van der Waals surface area contributed by atoms with Gasteiger partial charge in [-0.3, -0.25) is 0 Å². The van der Waals surface area contributed by atoms with Crippen molar-refractivity contribution in [1.29, 1.82) is 0 Å². The Kier molecular flexibility index (Phi) is 3.77. The lowest BCUT2D eigenvalue weighted by Crippen LogP contribution is -2.21. The summed E-state index contributed by atoms with van der Waals surface area (Å²) < 4.78 is 0. The van der Waals surface area contributed by atoms with Crippen molar-refractivity contribution in [3.63, 3.8) is 0 Å². The fraction of sp³-hybridized carbons (Fsp3) is 0.471. The maximum atomic E-state index is 9.65. The molecule has 2 N–H and O–H groups in total. The average molecular weight is 270 g/mol. The lowest BCUT2D eigenvalue weighted by Gasteiger charge is -2.27. The lowest BCUT2D eigenvalue weighted by molar-refractivity contribution is 0.293. The van der Waals surface area contributed by atoms with Crippen LogP contribution in [-0.4, -0.2) is 16.6 Å². The Bertz CT molecular complexity index is 597. The molecule has 1 aliphatic carbocycles. The highest BCUT2D eigenvalue weighted by atomic mass is 16.3. The fourth-order valence-electron chi connectivity index (χ4n) is 3.28. The molecule has 1 fully saturated rings. The summed E-state index contributed by atoms with van der Waals surface area (Å²) in [5.41, 5.74) is 0. The van der Waals surface area contributed by atoms with Crippen LogP contribution in [0.2, 0.25) is 0 Å². The predicted octanol–water partition coefficient (Wildman–Crippen LogP) is 4.18. The molecule has 2 aromatic rings. The molecule has 2 atom stereocenters. The lowest BCUT2D eigenvalue weighted by atomic mass is 9.82. The molecule has 0 spiro atoms. The molecular weight excluding hydrogens is 248 g/mol. The van der Waals surface area contributed by atoms with Crippen LogP contribution in [-0.2, 0) is 0 Å². The summed E-state index contributed by atoms with van der Waals surface area (Å²) in [4.78, 5) is 4.43. The minimum absolute atomic E-state index is 0.292.